The Balaban J connectivity index is 1.59. The SMILES string of the molecule is C/C(=C\C=C\[C@@H](C)COC(=O)N1CCCC1)[C@H]1OC(=O)CCCCC[C@@H](NC(=O)N2CCN(C)CC2)/C=C\[C@@H]1C. The van der Waals surface area contributed by atoms with Crippen LogP contribution in [0.5, 0.6) is 0 Å². The number of allylic oxidation sites excluding steroid dienone is 2. The van der Waals surface area contributed by atoms with E-state index < -0.39 is 6.10 Å². The standard InChI is InChI=1S/C31H50N4O5/c1-24(23-39-31(38)35-17-8-9-18-35)11-10-12-25(2)29-26(3)15-16-27(13-6-5-7-14-28(36)40-29)32-30(37)34-21-19-33(4)20-22-34/h10-12,15-16,24,26-27,29H,5-9,13-14,17-23H2,1-4H3,(H,32,37)/b11-10+,16-15-,25-12+/t24-,26+,27-,29-/m1/s1. The largest absolute Gasteiger partial charge is 0.457 e. The van der Waals surface area contributed by atoms with Gasteiger partial charge in [0.25, 0.3) is 0 Å². The van der Waals surface area contributed by atoms with Gasteiger partial charge in [-0.15, -0.1) is 0 Å². The Labute approximate surface area is 240 Å². The van der Waals surface area contributed by atoms with Crippen LogP contribution in [0.25, 0.3) is 0 Å². The predicted molar refractivity (Wildman–Crippen MR) is 157 cm³/mol. The van der Waals surface area contributed by atoms with E-state index in [4.69, 9.17) is 9.47 Å². The summed E-state index contributed by atoms with van der Waals surface area (Å²) in [5, 5.41) is 3.22. The molecule has 3 amide bonds. The number of amides is 3. The summed E-state index contributed by atoms with van der Waals surface area (Å²) in [4.78, 5) is 43.5. The van der Waals surface area contributed by atoms with Gasteiger partial charge in [-0.3, -0.25) is 4.79 Å². The van der Waals surface area contributed by atoms with Crippen molar-refractivity contribution in [1.29, 1.82) is 0 Å². The number of likely N-dealkylation sites (N-methyl/N-ethyl adjacent to an activating group) is 1. The third-order valence-corrected chi connectivity index (χ3v) is 7.96. The Morgan fingerprint density at radius 1 is 1.05 bits per heavy atom. The van der Waals surface area contributed by atoms with Gasteiger partial charge in [-0.25, -0.2) is 9.59 Å². The second kappa shape index (κ2) is 16.5. The lowest BCUT2D eigenvalue weighted by molar-refractivity contribution is -0.148. The molecule has 2 fully saturated rings. The summed E-state index contributed by atoms with van der Waals surface area (Å²) in [6.45, 7) is 11.2. The molecule has 0 radical (unpaired) electrons. The van der Waals surface area contributed by atoms with Crippen LogP contribution in [-0.4, -0.2) is 97.9 Å². The second-order valence-corrected chi connectivity index (χ2v) is 11.6. The molecule has 0 spiro atoms. The summed E-state index contributed by atoms with van der Waals surface area (Å²) in [5.41, 5.74) is 0.943. The van der Waals surface area contributed by atoms with Crippen LogP contribution in [-0.2, 0) is 14.3 Å². The highest BCUT2D eigenvalue weighted by atomic mass is 16.6. The van der Waals surface area contributed by atoms with Crippen molar-refractivity contribution in [3.05, 3.63) is 36.0 Å². The topological polar surface area (TPSA) is 91.4 Å². The van der Waals surface area contributed by atoms with E-state index in [9.17, 15) is 14.4 Å². The molecule has 3 aliphatic heterocycles. The lowest BCUT2D eigenvalue weighted by Gasteiger charge is -2.33. The number of ether oxygens (including phenoxy) is 2. The van der Waals surface area contributed by atoms with E-state index in [1.165, 1.54) is 0 Å². The first kappa shape index (κ1) is 31.7. The van der Waals surface area contributed by atoms with Crippen molar-refractivity contribution in [1.82, 2.24) is 20.0 Å². The van der Waals surface area contributed by atoms with E-state index in [0.29, 0.717) is 13.0 Å². The minimum atomic E-state index is -0.398. The Morgan fingerprint density at radius 2 is 1.77 bits per heavy atom. The highest BCUT2D eigenvalue weighted by Gasteiger charge is 2.24. The molecule has 3 rings (SSSR count). The van der Waals surface area contributed by atoms with E-state index in [0.717, 1.165) is 83.4 Å². The molecule has 0 bridgehead atoms. The van der Waals surface area contributed by atoms with E-state index in [1.54, 1.807) is 4.90 Å². The average molecular weight is 559 g/mol. The Kier molecular flexibility index (Phi) is 13.0. The average Bonchev–Trinajstić information content (AvgIpc) is 3.47. The Morgan fingerprint density at radius 3 is 2.50 bits per heavy atom. The van der Waals surface area contributed by atoms with Crippen molar-refractivity contribution in [3.8, 4) is 0 Å². The number of urea groups is 1. The molecule has 40 heavy (non-hydrogen) atoms. The smallest absolute Gasteiger partial charge is 0.409 e. The first-order valence-electron chi connectivity index (χ1n) is 15.1. The normalized spacial score (nSPS) is 27.4. The fraction of sp³-hybridized carbons (Fsp3) is 0.710. The van der Waals surface area contributed by atoms with Gasteiger partial charge in [-0.2, -0.15) is 0 Å². The lowest BCUT2D eigenvalue weighted by Crippen LogP contribution is -2.52. The van der Waals surface area contributed by atoms with Crippen LogP contribution in [0.4, 0.5) is 9.59 Å². The van der Waals surface area contributed by atoms with Crippen LogP contribution in [0.15, 0.2) is 36.0 Å². The van der Waals surface area contributed by atoms with E-state index in [2.05, 4.69) is 29.4 Å². The number of esters is 1. The molecule has 1 N–H and O–H groups in total. The zero-order valence-corrected chi connectivity index (χ0v) is 25.0. The molecule has 4 atom stereocenters. The van der Waals surface area contributed by atoms with Crippen molar-refractivity contribution < 1.29 is 23.9 Å². The molecule has 9 nitrogen and oxygen atoms in total. The number of rotatable bonds is 6. The van der Waals surface area contributed by atoms with E-state index in [1.807, 2.05) is 43.9 Å². The highest BCUT2D eigenvalue weighted by Crippen LogP contribution is 2.22. The summed E-state index contributed by atoms with van der Waals surface area (Å²) in [6, 6.07) is -0.0643. The molecule has 3 heterocycles. The van der Waals surface area contributed by atoms with Crippen molar-refractivity contribution in [2.24, 2.45) is 11.8 Å². The first-order valence-corrected chi connectivity index (χ1v) is 15.1. The number of cyclic esters (lactones) is 1. The number of nitrogens with zero attached hydrogens (tertiary/aromatic N) is 3. The monoisotopic (exact) mass is 558 g/mol. The van der Waals surface area contributed by atoms with Crippen LogP contribution in [0.3, 0.4) is 0 Å². The third kappa shape index (κ3) is 10.6. The molecule has 0 unspecified atom stereocenters. The molecule has 0 aromatic rings. The molecule has 9 heteroatoms. The highest BCUT2D eigenvalue weighted by molar-refractivity contribution is 5.75. The van der Waals surface area contributed by atoms with Crippen molar-refractivity contribution in [3.63, 3.8) is 0 Å². The fourth-order valence-electron chi connectivity index (χ4n) is 5.25. The van der Waals surface area contributed by atoms with E-state index in [-0.39, 0.29) is 36.0 Å². The van der Waals surface area contributed by atoms with E-state index >= 15 is 0 Å². The molecule has 3 aliphatic rings. The molecule has 224 valence electrons. The van der Waals surface area contributed by atoms with Crippen LogP contribution in [0.2, 0.25) is 0 Å². The Bertz CT molecular complexity index is 919. The third-order valence-electron chi connectivity index (χ3n) is 7.96. The number of carbonyl (C=O) groups is 3. The minimum Gasteiger partial charge on any atom is -0.457 e. The lowest BCUT2D eigenvalue weighted by atomic mass is 9.95. The number of piperazine rings is 1. The quantitative estimate of drug-likeness (QED) is 0.287. The van der Waals surface area contributed by atoms with Gasteiger partial charge in [0.2, 0.25) is 0 Å². The zero-order chi connectivity index (χ0) is 28.9. The minimum absolute atomic E-state index is 0.00748. The summed E-state index contributed by atoms with van der Waals surface area (Å²) in [6.07, 6.45) is 15.4. The first-order chi connectivity index (χ1) is 19.2. The number of carbonyl (C=O) groups excluding carboxylic acids is 3. The molecule has 0 aromatic heterocycles. The van der Waals surface area contributed by atoms with Gasteiger partial charge < -0.3 is 29.5 Å². The summed E-state index contributed by atoms with van der Waals surface area (Å²) >= 11 is 0. The van der Waals surface area contributed by atoms with Crippen LogP contribution in [0, 0.1) is 11.8 Å². The summed E-state index contributed by atoms with van der Waals surface area (Å²) in [7, 11) is 2.08. The van der Waals surface area contributed by atoms with Crippen molar-refractivity contribution >= 4 is 18.1 Å². The van der Waals surface area contributed by atoms with Crippen LogP contribution in [0.1, 0.15) is 65.7 Å². The zero-order valence-electron chi connectivity index (χ0n) is 25.0. The van der Waals surface area contributed by atoms with Crippen LogP contribution < -0.4 is 5.32 Å². The molecule has 2 saturated heterocycles. The maximum absolute atomic E-state index is 12.9. The number of hydrogen-bond acceptors (Lipinski definition) is 6. The van der Waals surface area contributed by atoms with Gasteiger partial charge in [0.1, 0.15) is 6.10 Å². The molecular weight excluding hydrogens is 508 g/mol. The fourth-order valence-corrected chi connectivity index (χ4v) is 5.25. The van der Waals surface area contributed by atoms with Gasteiger partial charge in [0.05, 0.1) is 6.61 Å². The van der Waals surface area contributed by atoms with Gasteiger partial charge in [0, 0.05) is 63.6 Å². The van der Waals surface area contributed by atoms with Crippen molar-refractivity contribution in [2.75, 3.05) is 52.9 Å². The summed E-state index contributed by atoms with van der Waals surface area (Å²) in [5.74, 6) is -0.170. The molecular formula is C31H50N4O5. The second-order valence-electron chi connectivity index (χ2n) is 11.6. The van der Waals surface area contributed by atoms with Crippen molar-refractivity contribution in [2.45, 2.75) is 77.9 Å². The molecule has 0 saturated carbocycles. The molecule has 0 aromatic carbocycles. The van der Waals surface area contributed by atoms with Gasteiger partial charge in [-0.05, 0) is 45.2 Å². The van der Waals surface area contributed by atoms with Gasteiger partial charge in [-0.1, -0.05) is 57.1 Å². The Hall–Kier alpha value is -2.81. The number of likely N-dealkylation sites (tertiary alicyclic amines) is 1. The number of hydrogen-bond donors (Lipinski definition) is 1. The maximum atomic E-state index is 12.9. The molecule has 0 aliphatic carbocycles. The maximum Gasteiger partial charge on any atom is 0.409 e. The number of nitrogens with one attached hydrogen (secondary N) is 1. The predicted octanol–water partition coefficient (Wildman–Crippen LogP) is 4.75. The van der Waals surface area contributed by atoms with Gasteiger partial charge >= 0.3 is 18.1 Å². The van der Waals surface area contributed by atoms with Crippen LogP contribution >= 0.6 is 0 Å². The van der Waals surface area contributed by atoms with Gasteiger partial charge in [0.15, 0.2) is 0 Å². The summed E-state index contributed by atoms with van der Waals surface area (Å²) < 4.78 is 11.4.